The maximum absolute atomic E-state index is 6.04. The molecular weight excluding hydrogens is 297 g/mol. The van der Waals surface area contributed by atoms with E-state index in [1.54, 1.807) is 19.2 Å². The number of halogens is 2. The van der Waals surface area contributed by atoms with Gasteiger partial charge in [-0.2, -0.15) is 0 Å². The Bertz CT molecular complexity index is 475. The van der Waals surface area contributed by atoms with E-state index in [9.17, 15) is 0 Å². The first-order chi connectivity index (χ1) is 9.70. The summed E-state index contributed by atoms with van der Waals surface area (Å²) in [5.41, 5.74) is 0. The number of hydrogen-bond donors (Lipinski definition) is 2. The van der Waals surface area contributed by atoms with Crippen LogP contribution in [0.1, 0.15) is 12.8 Å². The van der Waals surface area contributed by atoms with E-state index in [0.29, 0.717) is 28.9 Å². The fourth-order valence-corrected chi connectivity index (χ4v) is 2.06. The van der Waals surface area contributed by atoms with Gasteiger partial charge in [0, 0.05) is 13.6 Å². The highest BCUT2D eigenvalue weighted by Gasteiger charge is 2.20. The summed E-state index contributed by atoms with van der Waals surface area (Å²) in [5, 5.41) is 7.43. The molecule has 0 aromatic heterocycles. The van der Waals surface area contributed by atoms with Gasteiger partial charge in [-0.1, -0.05) is 29.3 Å². The molecular formula is C14H19Cl2N3O. The first kappa shape index (κ1) is 15.3. The number of rotatable bonds is 6. The standard InChI is InChI=1S/C14H19Cl2N3O/c1-17-14(19-9-10-5-6-10)18-7-8-20-12-4-2-3-11(15)13(12)16/h2-4,10H,5-9H2,1H3,(H2,17,18,19). The van der Waals surface area contributed by atoms with Crippen molar-refractivity contribution in [3.05, 3.63) is 28.2 Å². The number of benzene rings is 1. The van der Waals surface area contributed by atoms with Crippen molar-refractivity contribution in [1.29, 1.82) is 0 Å². The highest BCUT2D eigenvalue weighted by molar-refractivity contribution is 6.42. The highest BCUT2D eigenvalue weighted by Crippen LogP contribution is 2.31. The smallest absolute Gasteiger partial charge is 0.191 e. The zero-order chi connectivity index (χ0) is 14.4. The molecule has 0 aliphatic heterocycles. The Balaban J connectivity index is 1.68. The van der Waals surface area contributed by atoms with Crippen molar-refractivity contribution in [2.75, 3.05) is 26.7 Å². The third-order valence-electron chi connectivity index (χ3n) is 3.05. The van der Waals surface area contributed by atoms with Crippen LogP contribution in [0.4, 0.5) is 0 Å². The van der Waals surface area contributed by atoms with Gasteiger partial charge >= 0.3 is 0 Å². The first-order valence-electron chi connectivity index (χ1n) is 6.72. The Morgan fingerprint density at radius 2 is 2.15 bits per heavy atom. The van der Waals surface area contributed by atoms with Crippen LogP contribution in [-0.4, -0.2) is 32.7 Å². The molecule has 1 aliphatic carbocycles. The molecule has 1 fully saturated rings. The summed E-state index contributed by atoms with van der Waals surface area (Å²) in [4.78, 5) is 4.16. The Kier molecular flexibility index (Phi) is 5.80. The molecule has 2 rings (SSSR count). The first-order valence-corrected chi connectivity index (χ1v) is 7.47. The molecule has 0 bridgehead atoms. The summed E-state index contributed by atoms with van der Waals surface area (Å²) in [5.74, 6) is 2.22. The lowest BCUT2D eigenvalue weighted by molar-refractivity contribution is 0.322. The van der Waals surface area contributed by atoms with Crippen molar-refractivity contribution in [2.45, 2.75) is 12.8 Å². The SMILES string of the molecule is CN=C(NCCOc1cccc(Cl)c1Cl)NCC1CC1. The Morgan fingerprint density at radius 1 is 1.35 bits per heavy atom. The number of nitrogens with one attached hydrogen (secondary N) is 2. The molecule has 1 aliphatic rings. The van der Waals surface area contributed by atoms with Gasteiger partial charge in [0.15, 0.2) is 5.96 Å². The third-order valence-corrected chi connectivity index (χ3v) is 3.85. The lowest BCUT2D eigenvalue weighted by Gasteiger charge is -2.13. The van der Waals surface area contributed by atoms with Gasteiger partial charge in [0.2, 0.25) is 0 Å². The molecule has 0 radical (unpaired) electrons. The van der Waals surface area contributed by atoms with E-state index in [2.05, 4.69) is 15.6 Å². The lowest BCUT2D eigenvalue weighted by atomic mass is 10.3. The van der Waals surface area contributed by atoms with Crippen molar-refractivity contribution in [3.8, 4) is 5.75 Å². The zero-order valence-corrected chi connectivity index (χ0v) is 13.0. The molecule has 0 atom stereocenters. The molecule has 0 unspecified atom stereocenters. The van der Waals surface area contributed by atoms with E-state index in [1.165, 1.54) is 12.8 Å². The molecule has 0 spiro atoms. The minimum Gasteiger partial charge on any atom is -0.490 e. The number of ether oxygens (including phenoxy) is 1. The summed E-state index contributed by atoms with van der Waals surface area (Å²) in [6.45, 7) is 2.12. The monoisotopic (exact) mass is 315 g/mol. The van der Waals surface area contributed by atoms with Crippen molar-refractivity contribution < 1.29 is 4.74 Å². The summed E-state index contributed by atoms with van der Waals surface area (Å²) in [7, 11) is 1.76. The summed E-state index contributed by atoms with van der Waals surface area (Å²) in [6.07, 6.45) is 2.64. The largest absolute Gasteiger partial charge is 0.490 e. The fraction of sp³-hybridized carbons (Fsp3) is 0.500. The van der Waals surface area contributed by atoms with Crippen molar-refractivity contribution in [1.82, 2.24) is 10.6 Å². The van der Waals surface area contributed by atoms with Gasteiger partial charge in [-0.05, 0) is 30.9 Å². The van der Waals surface area contributed by atoms with Crippen LogP contribution in [0.2, 0.25) is 10.0 Å². The van der Waals surface area contributed by atoms with E-state index in [1.807, 2.05) is 6.07 Å². The summed E-state index contributed by atoms with van der Waals surface area (Å²) < 4.78 is 5.59. The molecule has 6 heteroatoms. The predicted octanol–water partition coefficient (Wildman–Crippen LogP) is 2.95. The quantitative estimate of drug-likeness (QED) is 0.482. The minimum absolute atomic E-state index is 0.449. The fourth-order valence-electron chi connectivity index (χ4n) is 1.71. The molecule has 0 amide bonds. The Hall–Kier alpha value is -1.13. The Labute approximate surface area is 129 Å². The van der Waals surface area contributed by atoms with Gasteiger partial charge in [0.05, 0.1) is 11.6 Å². The molecule has 0 saturated heterocycles. The molecule has 20 heavy (non-hydrogen) atoms. The normalized spacial score (nSPS) is 15.1. The van der Waals surface area contributed by atoms with Crippen molar-refractivity contribution >= 4 is 29.2 Å². The van der Waals surface area contributed by atoms with Crippen LogP contribution in [0.15, 0.2) is 23.2 Å². The molecule has 1 saturated carbocycles. The van der Waals surface area contributed by atoms with E-state index < -0.39 is 0 Å². The molecule has 2 N–H and O–H groups in total. The van der Waals surface area contributed by atoms with E-state index >= 15 is 0 Å². The highest BCUT2D eigenvalue weighted by atomic mass is 35.5. The Morgan fingerprint density at radius 3 is 2.85 bits per heavy atom. The predicted molar refractivity (Wildman–Crippen MR) is 84.0 cm³/mol. The van der Waals surface area contributed by atoms with Crippen LogP contribution in [0.3, 0.4) is 0 Å². The van der Waals surface area contributed by atoms with Crippen LogP contribution in [0.25, 0.3) is 0 Å². The average molecular weight is 316 g/mol. The molecule has 110 valence electrons. The van der Waals surface area contributed by atoms with Crippen LogP contribution >= 0.6 is 23.2 Å². The second-order valence-electron chi connectivity index (χ2n) is 4.72. The van der Waals surface area contributed by atoms with Gasteiger partial charge in [-0.3, -0.25) is 4.99 Å². The van der Waals surface area contributed by atoms with Crippen LogP contribution < -0.4 is 15.4 Å². The van der Waals surface area contributed by atoms with Gasteiger partial charge in [-0.25, -0.2) is 0 Å². The second-order valence-corrected chi connectivity index (χ2v) is 5.51. The maximum atomic E-state index is 6.04. The van der Waals surface area contributed by atoms with Crippen LogP contribution in [0, 0.1) is 5.92 Å². The second kappa shape index (κ2) is 7.60. The van der Waals surface area contributed by atoms with Gasteiger partial charge in [-0.15, -0.1) is 0 Å². The zero-order valence-electron chi connectivity index (χ0n) is 11.5. The molecule has 1 aromatic rings. The summed E-state index contributed by atoms with van der Waals surface area (Å²) >= 11 is 12.0. The van der Waals surface area contributed by atoms with Gasteiger partial charge in [0.25, 0.3) is 0 Å². The topological polar surface area (TPSA) is 45.7 Å². The molecule has 0 heterocycles. The average Bonchev–Trinajstić information content (AvgIpc) is 3.26. The lowest BCUT2D eigenvalue weighted by Crippen LogP contribution is -2.40. The molecule has 1 aromatic carbocycles. The minimum atomic E-state index is 0.449. The van der Waals surface area contributed by atoms with E-state index in [4.69, 9.17) is 27.9 Å². The molecule has 4 nitrogen and oxygen atoms in total. The van der Waals surface area contributed by atoms with Crippen LogP contribution in [0.5, 0.6) is 5.75 Å². The van der Waals surface area contributed by atoms with Crippen molar-refractivity contribution in [2.24, 2.45) is 10.9 Å². The van der Waals surface area contributed by atoms with Crippen LogP contribution in [-0.2, 0) is 0 Å². The van der Waals surface area contributed by atoms with Crippen molar-refractivity contribution in [3.63, 3.8) is 0 Å². The van der Waals surface area contributed by atoms with Gasteiger partial charge < -0.3 is 15.4 Å². The maximum Gasteiger partial charge on any atom is 0.191 e. The van der Waals surface area contributed by atoms with E-state index in [0.717, 1.165) is 18.4 Å². The number of aliphatic imine (C=N–C) groups is 1. The third kappa shape index (κ3) is 4.76. The summed E-state index contributed by atoms with van der Waals surface area (Å²) in [6, 6.07) is 5.35. The number of nitrogens with zero attached hydrogens (tertiary/aromatic N) is 1. The number of guanidine groups is 1. The van der Waals surface area contributed by atoms with E-state index in [-0.39, 0.29) is 0 Å². The van der Waals surface area contributed by atoms with Gasteiger partial charge in [0.1, 0.15) is 17.4 Å². The number of hydrogen-bond acceptors (Lipinski definition) is 2.